The molecule has 72 valence electrons. The van der Waals surface area contributed by atoms with E-state index in [0.717, 1.165) is 0 Å². The molecule has 0 N–H and O–H groups in total. The van der Waals surface area contributed by atoms with E-state index >= 15 is 0 Å². The van der Waals surface area contributed by atoms with Gasteiger partial charge in [0.15, 0.2) is 17.9 Å². The van der Waals surface area contributed by atoms with Crippen LogP contribution in [0.5, 0.6) is 0 Å². The maximum atomic E-state index is 2.27. The quantitative estimate of drug-likeness (QED) is 0.582. The standard InChI is InChI=1S/C12H20N/c1-10(2)11-7-6-8-13(9-11)12(3,4)5/h6-10H,1-5H3/q+1. The second-order valence-corrected chi connectivity index (χ2v) is 4.87. The molecule has 0 aliphatic heterocycles. The second-order valence-electron chi connectivity index (χ2n) is 4.87. The molecule has 0 saturated heterocycles. The van der Waals surface area contributed by atoms with Crippen molar-refractivity contribution in [1.82, 2.24) is 0 Å². The van der Waals surface area contributed by atoms with E-state index in [1.54, 1.807) is 0 Å². The van der Waals surface area contributed by atoms with Crippen molar-refractivity contribution in [2.75, 3.05) is 0 Å². The molecule has 1 aromatic rings. The summed E-state index contributed by atoms with van der Waals surface area (Å²) in [6.07, 6.45) is 4.37. The molecule has 1 heteroatoms. The summed E-state index contributed by atoms with van der Waals surface area (Å²) in [4.78, 5) is 0. The summed E-state index contributed by atoms with van der Waals surface area (Å²) in [5.41, 5.74) is 1.59. The van der Waals surface area contributed by atoms with Crippen LogP contribution in [0.15, 0.2) is 24.5 Å². The van der Waals surface area contributed by atoms with Gasteiger partial charge in [-0.25, -0.2) is 4.57 Å². The molecule has 0 fully saturated rings. The summed E-state index contributed by atoms with van der Waals surface area (Å²) in [5.74, 6) is 0.606. The Kier molecular flexibility index (Phi) is 2.74. The van der Waals surface area contributed by atoms with E-state index in [9.17, 15) is 0 Å². The number of hydrogen-bond donors (Lipinski definition) is 0. The Balaban J connectivity index is 3.06. The third-order valence-corrected chi connectivity index (χ3v) is 2.26. The Morgan fingerprint density at radius 3 is 2.31 bits per heavy atom. The van der Waals surface area contributed by atoms with Crippen LogP contribution >= 0.6 is 0 Å². The lowest BCUT2D eigenvalue weighted by Gasteiger charge is -2.14. The minimum absolute atomic E-state index is 0.185. The molecular weight excluding hydrogens is 158 g/mol. The minimum Gasteiger partial charge on any atom is -0.200 e. The van der Waals surface area contributed by atoms with Crippen LogP contribution < -0.4 is 4.57 Å². The summed E-state index contributed by atoms with van der Waals surface area (Å²) in [5, 5.41) is 0. The second kappa shape index (κ2) is 3.49. The first-order valence-electron chi connectivity index (χ1n) is 4.93. The van der Waals surface area contributed by atoms with Gasteiger partial charge in [-0.2, -0.15) is 0 Å². The van der Waals surface area contributed by atoms with Crippen LogP contribution in [-0.4, -0.2) is 0 Å². The van der Waals surface area contributed by atoms with E-state index in [4.69, 9.17) is 0 Å². The van der Waals surface area contributed by atoms with Gasteiger partial charge in [0.05, 0.1) is 0 Å². The summed E-state index contributed by atoms with van der Waals surface area (Å²) < 4.78 is 2.27. The van der Waals surface area contributed by atoms with Gasteiger partial charge in [-0.3, -0.25) is 0 Å². The highest BCUT2D eigenvalue weighted by Crippen LogP contribution is 2.12. The minimum atomic E-state index is 0.185. The fourth-order valence-corrected chi connectivity index (χ4v) is 1.25. The Labute approximate surface area is 81.4 Å². The molecule has 0 aromatic carbocycles. The molecule has 0 bridgehead atoms. The van der Waals surface area contributed by atoms with Gasteiger partial charge in [-0.15, -0.1) is 0 Å². The van der Waals surface area contributed by atoms with Crippen molar-refractivity contribution in [2.45, 2.75) is 46.1 Å². The maximum Gasteiger partial charge on any atom is 0.172 e. The van der Waals surface area contributed by atoms with Crippen molar-refractivity contribution < 1.29 is 4.57 Å². The van der Waals surface area contributed by atoms with Crippen LogP contribution in [0.2, 0.25) is 0 Å². The summed E-state index contributed by atoms with van der Waals surface area (Å²) in [6, 6.07) is 4.31. The fraction of sp³-hybridized carbons (Fsp3) is 0.583. The van der Waals surface area contributed by atoms with Gasteiger partial charge in [0.1, 0.15) is 0 Å². The molecule has 0 aliphatic carbocycles. The highest BCUT2D eigenvalue weighted by atomic mass is 15.0. The Morgan fingerprint density at radius 1 is 1.23 bits per heavy atom. The first kappa shape index (κ1) is 10.2. The highest BCUT2D eigenvalue weighted by Gasteiger charge is 2.21. The first-order valence-corrected chi connectivity index (χ1v) is 4.93. The average molecular weight is 178 g/mol. The lowest BCUT2D eigenvalue weighted by atomic mass is 10.0. The molecular formula is C12H20N+. The first-order chi connectivity index (χ1) is 5.91. The van der Waals surface area contributed by atoms with E-state index in [1.165, 1.54) is 5.56 Å². The zero-order valence-electron chi connectivity index (χ0n) is 9.33. The third-order valence-electron chi connectivity index (χ3n) is 2.26. The molecule has 1 rings (SSSR count). The predicted molar refractivity (Wildman–Crippen MR) is 55.7 cm³/mol. The molecule has 0 atom stereocenters. The monoisotopic (exact) mass is 178 g/mol. The predicted octanol–water partition coefficient (Wildman–Crippen LogP) is 2.85. The van der Waals surface area contributed by atoms with Crippen molar-refractivity contribution in [3.05, 3.63) is 30.1 Å². The number of aromatic nitrogens is 1. The van der Waals surface area contributed by atoms with Gasteiger partial charge in [0.2, 0.25) is 0 Å². The van der Waals surface area contributed by atoms with Gasteiger partial charge in [-0.05, 0) is 12.0 Å². The van der Waals surface area contributed by atoms with Crippen molar-refractivity contribution >= 4 is 0 Å². The SMILES string of the molecule is CC(C)c1ccc[n+](C(C)(C)C)c1. The van der Waals surface area contributed by atoms with Crippen LogP contribution in [0.25, 0.3) is 0 Å². The van der Waals surface area contributed by atoms with Gasteiger partial charge in [-0.1, -0.05) is 13.8 Å². The third kappa shape index (κ3) is 2.55. The molecule has 0 aliphatic rings. The van der Waals surface area contributed by atoms with Crippen molar-refractivity contribution in [3.8, 4) is 0 Å². The molecule has 0 amide bonds. The van der Waals surface area contributed by atoms with Crippen LogP contribution in [0, 0.1) is 0 Å². The van der Waals surface area contributed by atoms with Gasteiger partial charge >= 0.3 is 0 Å². The van der Waals surface area contributed by atoms with Crippen LogP contribution in [0.4, 0.5) is 0 Å². The number of rotatable bonds is 1. The van der Waals surface area contributed by atoms with E-state index in [0.29, 0.717) is 5.92 Å². The van der Waals surface area contributed by atoms with Crippen LogP contribution in [0.3, 0.4) is 0 Å². The molecule has 0 unspecified atom stereocenters. The summed E-state index contributed by atoms with van der Waals surface area (Å²) >= 11 is 0. The van der Waals surface area contributed by atoms with Crippen molar-refractivity contribution in [3.63, 3.8) is 0 Å². The molecule has 1 heterocycles. The molecule has 0 spiro atoms. The number of nitrogens with zero attached hydrogens (tertiary/aromatic N) is 1. The van der Waals surface area contributed by atoms with Crippen LogP contribution in [0.1, 0.15) is 46.1 Å². The zero-order valence-corrected chi connectivity index (χ0v) is 9.33. The normalized spacial score (nSPS) is 12.2. The Hall–Kier alpha value is -0.850. The zero-order chi connectivity index (χ0) is 10.1. The summed E-state index contributed by atoms with van der Waals surface area (Å²) in [6.45, 7) is 11.1. The average Bonchev–Trinajstić information content (AvgIpc) is 2.03. The Morgan fingerprint density at radius 2 is 1.85 bits per heavy atom. The fourth-order valence-electron chi connectivity index (χ4n) is 1.25. The van der Waals surface area contributed by atoms with Gasteiger partial charge < -0.3 is 0 Å². The Bertz CT molecular complexity index is 281. The van der Waals surface area contributed by atoms with Gasteiger partial charge in [0.25, 0.3) is 0 Å². The smallest absolute Gasteiger partial charge is 0.172 e. The number of hydrogen-bond acceptors (Lipinski definition) is 0. The molecule has 1 aromatic heterocycles. The van der Waals surface area contributed by atoms with E-state index in [1.807, 2.05) is 0 Å². The topological polar surface area (TPSA) is 3.88 Å². The highest BCUT2D eigenvalue weighted by molar-refractivity contribution is 5.09. The van der Waals surface area contributed by atoms with E-state index < -0.39 is 0 Å². The van der Waals surface area contributed by atoms with Crippen molar-refractivity contribution in [1.29, 1.82) is 0 Å². The summed E-state index contributed by atoms with van der Waals surface area (Å²) in [7, 11) is 0. The van der Waals surface area contributed by atoms with Crippen LogP contribution in [-0.2, 0) is 5.54 Å². The number of pyridine rings is 1. The van der Waals surface area contributed by atoms with E-state index in [-0.39, 0.29) is 5.54 Å². The maximum absolute atomic E-state index is 2.27. The van der Waals surface area contributed by atoms with Crippen molar-refractivity contribution in [2.24, 2.45) is 0 Å². The lowest BCUT2D eigenvalue weighted by Crippen LogP contribution is -2.49. The molecule has 13 heavy (non-hydrogen) atoms. The lowest BCUT2D eigenvalue weighted by molar-refractivity contribution is -0.754. The largest absolute Gasteiger partial charge is 0.200 e. The molecule has 0 saturated carbocycles. The van der Waals surface area contributed by atoms with Gasteiger partial charge in [0, 0.05) is 32.4 Å². The van der Waals surface area contributed by atoms with E-state index in [2.05, 4.69) is 63.7 Å². The molecule has 0 radical (unpaired) electrons. The molecule has 1 nitrogen and oxygen atoms in total.